The largest absolute Gasteiger partial charge is 0.456 e. The lowest BCUT2D eigenvalue weighted by atomic mass is 9.88. The molecule has 12 heteroatoms. The first-order valence-corrected chi connectivity index (χ1v) is 46.2. The van der Waals surface area contributed by atoms with Crippen molar-refractivity contribution in [2.24, 2.45) is 0 Å². The van der Waals surface area contributed by atoms with Crippen LogP contribution in [0.15, 0.2) is 441 Å². The second kappa shape index (κ2) is 34.0. The fourth-order valence-electron chi connectivity index (χ4n) is 20.6. The topological polar surface area (TPSA) is 172 Å². The Labute approximate surface area is 795 Å². The van der Waals surface area contributed by atoms with Crippen molar-refractivity contribution >= 4 is 65.6 Å². The van der Waals surface area contributed by atoms with E-state index in [-0.39, 0.29) is 5.92 Å². The van der Waals surface area contributed by atoms with Crippen LogP contribution in [0.4, 0.5) is 0 Å². The first-order valence-electron chi connectivity index (χ1n) is 46.2. The molecule has 0 bridgehead atoms. The predicted octanol–water partition coefficient (Wildman–Crippen LogP) is 30.4. The van der Waals surface area contributed by atoms with Crippen molar-refractivity contribution in [1.82, 2.24) is 39.0 Å². The van der Waals surface area contributed by atoms with Crippen molar-refractivity contribution in [2.45, 2.75) is 18.8 Å². The second-order valence-corrected chi connectivity index (χ2v) is 35.3. The highest BCUT2D eigenvalue weighted by atomic mass is 16.3. The molecule has 0 radical (unpaired) electrons. The van der Waals surface area contributed by atoms with Gasteiger partial charge in [-0.1, -0.05) is 297 Å². The zero-order chi connectivity index (χ0) is 91.8. The van der Waals surface area contributed by atoms with Gasteiger partial charge in [0, 0.05) is 99.7 Å². The van der Waals surface area contributed by atoms with Gasteiger partial charge in [-0.25, -0.2) is 29.9 Å². The van der Waals surface area contributed by atoms with Gasteiger partial charge in [-0.2, -0.15) is 15.8 Å². The van der Waals surface area contributed by atoms with Gasteiger partial charge in [-0.15, -0.1) is 0 Å². The van der Waals surface area contributed by atoms with E-state index in [2.05, 4.69) is 306 Å². The van der Waals surface area contributed by atoms with Gasteiger partial charge in [0.05, 0.1) is 91.1 Å². The number of benzene rings is 18. The highest BCUT2D eigenvalue weighted by Gasteiger charge is 2.33. The van der Waals surface area contributed by atoms with Crippen LogP contribution >= 0.6 is 0 Å². The summed E-state index contributed by atoms with van der Waals surface area (Å²) < 4.78 is 11.0. The molecule has 24 aromatic rings. The fraction of sp³-hybridized carbons (Fsp3) is 0.0238. The fourth-order valence-corrected chi connectivity index (χ4v) is 20.6. The Hall–Kier alpha value is -18.9. The molecule has 0 spiro atoms. The summed E-state index contributed by atoms with van der Waals surface area (Å²) in [4.78, 5) is 30.4. The van der Waals surface area contributed by atoms with Gasteiger partial charge in [0.15, 0.2) is 17.5 Å². The zero-order valence-corrected chi connectivity index (χ0v) is 74.4. The average molecular weight is 1760 g/mol. The van der Waals surface area contributed by atoms with Crippen molar-refractivity contribution in [2.75, 3.05) is 0 Å². The number of aromatic nitrogens is 8. The molecule has 0 saturated heterocycles. The SMILES string of the molecule is N#Cc1ccc(-c2cc(-c3ccccc3)nc(-c3cccc(-n4c5ccccc5c5cc6c(cc54)-c4ccccc4C6)c3)n2)cc1.N#Cc1cccc(-c2cc(-c3ccccc3)nc(-c3cccc(-n4c5ccccc5c5cc6c(cc54)-c4ccccc4C6)c3)n2)c1.N#Cc1cccc(-c2cc(-c3ccccc3)nc(-c3cccc(C4c5ccccc5-c5cc6oc7ccccc7c6cc54)c3)n2)c1. The van der Waals surface area contributed by atoms with E-state index in [0.717, 1.165) is 130 Å². The molecule has 1 atom stereocenters. The molecule has 3 aliphatic rings. The molecule has 1 unspecified atom stereocenters. The molecule has 27 rings (SSSR count). The molecular weight excluding hydrogens is 1680 g/mol. The van der Waals surface area contributed by atoms with E-state index in [1.165, 1.54) is 116 Å². The molecule has 12 nitrogen and oxygen atoms in total. The smallest absolute Gasteiger partial charge is 0.160 e. The van der Waals surface area contributed by atoms with Crippen molar-refractivity contribution in [1.29, 1.82) is 15.8 Å². The van der Waals surface area contributed by atoms with Gasteiger partial charge in [0.25, 0.3) is 0 Å². The first kappa shape index (κ1) is 81.1. The van der Waals surface area contributed by atoms with Crippen LogP contribution in [0.5, 0.6) is 0 Å². The Morgan fingerprint density at radius 3 is 1.11 bits per heavy atom. The number of para-hydroxylation sites is 3. The summed E-state index contributed by atoms with van der Waals surface area (Å²) in [6, 6.07) is 157. The number of furan rings is 1. The summed E-state index contributed by atoms with van der Waals surface area (Å²) in [7, 11) is 0. The van der Waals surface area contributed by atoms with E-state index in [0.29, 0.717) is 34.2 Å². The monoisotopic (exact) mass is 1760 g/mol. The maximum atomic E-state index is 9.56. The third-order valence-electron chi connectivity index (χ3n) is 27.1. The average Bonchev–Trinajstić information content (AvgIpc) is 1.58. The Bertz CT molecular complexity index is 9210. The van der Waals surface area contributed by atoms with Gasteiger partial charge in [0.1, 0.15) is 11.2 Å². The molecule has 18 aromatic carbocycles. The van der Waals surface area contributed by atoms with Gasteiger partial charge in [-0.05, 0) is 225 Å². The third-order valence-corrected chi connectivity index (χ3v) is 27.1. The second-order valence-electron chi connectivity index (χ2n) is 35.3. The standard InChI is InChI=1S/2C42H26N4.C42H25N3O/c43-26-27-10-8-14-30(20-27)39-25-38(28-11-2-1-3-12-28)44-42(45-39)31-15-9-16-33(22-31)46-40-19-7-6-18-35(40)37-23-32-21-29-13-4-5-17-34(29)36(32)24-41(37)46;43-26-27-17-19-29(20-18-27)39-25-38(28-9-2-1-3-10-28)44-42(45-39)31-12-8-13-33(22-31)46-40-16-7-6-15-35(40)37-23-32-21-30-11-4-5-14-34(30)36(32)24-41(37)46;43-25-26-10-8-13-28(20-26)38-24-37(27-11-2-1-3-12-27)44-42(45-38)30-15-9-14-29(21-30)41-33-18-5-4-16-31(33)34-23-40-35(22-36(34)41)32-17-6-7-19-39(32)46-40/h2*1-20,22-25H,21H2;1-24,41H. The minimum atomic E-state index is 0.0494. The van der Waals surface area contributed by atoms with Crippen LogP contribution in [-0.2, 0) is 12.8 Å². The molecule has 0 saturated carbocycles. The molecule has 0 amide bonds. The zero-order valence-electron chi connectivity index (χ0n) is 74.4. The van der Waals surface area contributed by atoms with Gasteiger partial charge < -0.3 is 13.6 Å². The van der Waals surface area contributed by atoms with Crippen LogP contribution in [0.25, 0.3) is 212 Å². The lowest BCUT2D eigenvalue weighted by molar-refractivity contribution is 0.669. The normalized spacial score (nSPS) is 12.3. The Balaban J connectivity index is 0.000000110. The summed E-state index contributed by atoms with van der Waals surface area (Å²) in [5, 5.41) is 35.7. The molecule has 642 valence electrons. The highest BCUT2D eigenvalue weighted by molar-refractivity contribution is 6.13. The number of rotatable bonds is 12. The third kappa shape index (κ3) is 14.6. The lowest BCUT2D eigenvalue weighted by Gasteiger charge is -2.16. The van der Waals surface area contributed by atoms with Crippen LogP contribution in [0.1, 0.15) is 61.6 Å². The number of hydrogen-bond acceptors (Lipinski definition) is 10. The van der Waals surface area contributed by atoms with Crippen LogP contribution in [-0.4, -0.2) is 39.0 Å². The number of nitrogens with zero attached hydrogens (tertiary/aromatic N) is 11. The molecular formula is C126H77N11O. The lowest BCUT2D eigenvalue weighted by Crippen LogP contribution is -2.01. The van der Waals surface area contributed by atoms with Crippen LogP contribution in [0, 0.1) is 34.0 Å². The minimum Gasteiger partial charge on any atom is -0.456 e. The Morgan fingerprint density at radius 2 is 0.616 bits per heavy atom. The van der Waals surface area contributed by atoms with Crippen LogP contribution in [0.2, 0.25) is 0 Å². The maximum absolute atomic E-state index is 9.56. The minimum absolute atomic E-state index is 0.0494. The molecule has 0 fully saturated rings. The molecule has 0 N–H and O–H groups in total. The van der Waals surface area contributed by atoms with Crippen molar-refractivity contribution in [3.63, 3.8) is 0 Å². The molecule has 138 heavy (non-hydrogen) atoms. The van der Waals surface area contributed by atoms with Crippen molar-refractivity contribution in [3.8, 4) is 165 Å². The van der Waals surface area contributed by atoms with Crippen molar-refractivity contribution in [3.05, 3.63) is 492 Å². The summed E-state index contributed by atoms with van der Waals surface area (Å²) in [6.07, 6.45) is 1.93. The summed E-state index contributed by atoms with van der Waals surface area (Å²) in [5.74, 6) is 1.98. The van der Waals surface area contributed by atoms with Crippen LogP contribution in [0.3, 0.4) is 0 Å². The van der Waals surface area contributed by atoms with E-state index >= 15 is 0 Å². The van der Waals surface area contributed by atoms with Crippen molar-refractivity contribution < 1.29 is 4.42 Å². The number of fused-ring (bicyclic) bond motifs is 18. The highest BCUT2D eigenvalue weighted by Crippen LogP contribution is 2.52. The summed E-state index contributed by atoms with van der Waals surface area (Å²) in [5.41, 5.74) is 40.8. The van der Waals surface area contributed by atoms with Crippen LogP contribution < -0.4 is 0 Å². The summed E-state index contributed by atoms with van der Waals surface area (Å²) in [6.45, 7) is 0. The first-order chi connectivity index (χ1) is 68.2. The summed E-state index contributed by atoms with van der Waals surface area (Å²) >= 11 is 0. The Morgan fingerprint density at radius 1 is 0.225 bits per heavy atom. The van der Waals surface area contributed by atoms with E-state index in [1.54, 1.807) is 0 Å². The predicted molar refractivity (Wildman–Crippen MR) is 554 cm³/mol. The van der Waals surface area contributed by atoms with Gasteiger partial charge >= 0.3 is 0 Å². The number of hydrogen-bond donors (Lipinski definition) is 0. The quantitative estimate of drug-likeness (QED) is 0.115. The van der Waals surface area contributed by atoms with Gasteiger partial charge in [0.2, 0.25) is 0 Å². The molecule has 6 aromatic heterocycles. The van der Waals surface area contributed by atoms with E-state index < -0.39 is 0 Å². The Kier molecular flexibility index (Phi) is 20.0. The van der Waals surface area contributed by atoms with Gasteiger partial charge in [-0.3, -0.25) is 0 Å². The van der Waals surface area contributed by atoms with E-state index in [9.17, 15) is 15.8 Å². The number of nitriles is 3. The maximum Gasteiger partial charge on any atom is 0.160 e. The molecule has 3 aliphatic carbocycles. The van der Waals surface area contributed by atoms with E-state index in [4.69, 9.17) is 34.3 Å². The molecule has 6 heterocycles. The van der Waals surface area contributed by atoms with E-state index in [1.807, 2.05) is 158 Å². The molecule has 0 aliphatic heterocycles.